The van der Waals surface area contributed by atoms with E-state index in [2.05, 4.69) is 36.1 Å². The lowest BCUT2D eigenvalue weighted by molar-refractivity contribution is -0.148. The first-order valence-electron chi connectivity index (χ1n) is 6.70. The number of likely N-dealkylation sites (tertiary alicyclic amines) is 1. The molecule has 0 saturated carbocycles. The van der Waals surface area contributed by atoms with Crippen molar-refractivity contribution in [1.82, 2.24) is 4.90 Å². The first-order chi connectivity index (χ1) is 9.02. The van der Waals surface area contributed by atoms with Gasteiger partial charge in [-0.3, -0.25) is 9.69 Å². The van der Waals surface area contributed by atoms with Crippen LogP contribution in [0.15, 0.2) is 29.2 Å². The summed E-state index contributed by atoms with van der Waals surface area (Å²) in [5, 5.41) is 9.34. The molecule has 0 radical (unpaired) electrons. The number of carboxylic acid groups (broad SMARTS) is 1. The molecule has 1 N–H and O–H groups in total. The molecule has 2 rings (SSSR count). The molecule has 104 valence electrons. The fourth-order valence-corrected chi connectivity index (χ4v) is 3.40. The van der Waals surface area contributed by atoms with E-state index in [-0.39, 0.29) is 0 Å². The van der Waals surface area contributed by atoms with Crippen LogP contribution in [0.1, 0.15) is 25.3 Å². The highest BCUT2D eigenvalue weighted by Crippen LogP contribution is 2.30. The van der Waals surface area contributed by atoms with Gasteiger partial charge in [-0.1, -0.05) is 17.7 Å². The zero-order valence-electron chi connectivity index (χ0n) is 11.6. The van der Waals surface area contributed by atoms with E-state index in [0.717, 1.165) is 31.7 Å². The van der Waals surface area contributed by atoms with Gasteiger partial charge < -0.3 is 5.11 Å². The predicted molar refractivity (Wildman–Crippen MR) is 78.8 cm³/mol. The lowest BCUT2D eigenvalue weighted by Crippen LogP contribution is -2.48. The normalized spacial score (nSPS) is 23.7. The maximum atomic E-state index is 11.4. The van der Waals surface area contributed by atoms with Crippen molar-refractivity contribution in [2.45, 2.75) is 37.1 Å². The van der Waals surface area contributed by atoms with Crippen molar-refractivity contribution < 1.29 is 9.90 Å². The molecule has 1 atom stereocenters. The van der Waals surface area contributed by atoms with Gasteiger partial charge in [-0.15, -0.1) is 11.8 Å². The number of carboxylic acids is 1. The molecule has 1 fully saturated rings. The Hall–Kier alpha value is -1.00. The highest BCUT2D eigenvalue weighted by atomic mass is 32.2. The molecular formula is C15H21NO2S. The van der Waals surface area contributed by atoms with Gasteiger partial charge in [-0.25, -0.2) is 0 Å². The van der Waals surface area contributed by atoms with Crippen LogP contribution >= 0.6 is 11.8 Å². The second kappa shape index (κ2) is 5.97. The monoisotopic (exact) mass is 279 g/mol. The zero-order chi connectivity index (χ0) is 13.9. The third-order valence-electron chi connectivity index (χ3n) is 3.90. The number of rotatable bonds is 5. The van der Waals surface area contributed by atoms with Crippen LogP contribution in [-0.2, 0) is 4.79 Å². The molecule has 1 unspecified atom stereocenters. The molecule has 1 aliphatic heterocycles. The molecule has 0 amide bonds. The maximum Gasteiger partial charge on any atom is 0.323 e. The SMILES string of the molecule is Cc1ccc(SCCN2CCCC2(C)C(=O)O)cc1. The van der Waals surface area contributed by atoms with Crippen LogP contribution in [0.5, 0.6) is 0 Å². The van der Waals surface area contributed by atoms with E-state index in [1.165, 1.54) is 10.5 Å². The van der Waals surface area contributed by atoms with Crippen LogP contribution < -0.4 is 0 Å². The highest BCUT2D eigenvalue weighted by molar-refractivity contribution is 7.99. The summed E-state index contributed by atoms with van der Waals surface area (Å²) in [5.41, 5.74) is 0.607. The Morgan fingerprint density at radius 2 is 2.11 bits per heavy atom. The molecule has 1 saturated heterocycles. The third-order valence-corrected chi connectivity index (χ3v) is 4.89. The summed E-state index contributed by atoms with van der Waals surface area (Å²) in [7, 11) is 0. The third kappa shape index (κ3) is 3.31. The molecule has 1 aromatic carbocycles. The molecule has 1 heterocycles. The number of nitrogens with zero attached hydrogens (tertiary/aromatic N) is 1. The molecule has 1 aliphatic rings. The second-order valence-electron chi connectivity index (χ2n) is 5.33. The minimum atomic E-state index is -0.690. The minimum Gasteiger partial charge on any atom is -0.480 e. The van der Waals surface area contributed by atoms with Crippen molar-refractivity contribution >= 4 is 17.7 Å². The Labute approximate surface area is 119 Å². The van der Waals surface area contributed by atoms with Crippen molar-refractivity contribution in [3.8, 4) is 0 Å². The topological polar surface area (TPSA) is 40.5 Å². The average Bonchev–Trinajstić information content (AvgIpc) is 2.75. The Kier molecular flexibility index (Phi) is 4.53. The Morgan fingerprint density at radius 1 is 1.42 bits per heavy atom. The van der Waals surface area contributed by atoms with Gasteiger partial charge in [0.2, 0.25) is 0 Å². The molecular weight excluding hydrogens is 258 g/mol. The summed E-state index contributed by atoms with van der Waals surface area (Å²) in [6.45, 7) is 5.66. The van der Waals surface area contributed by atoms with Gasteiger partial charge in [0, 0.05) is 17.2 Å². The largest absolute Gasteiger partial charge is 0.480 e. The summed E-state index contributed by atoms with van der Waals surface area (Å²) in [6, 6.07) is 8.47. The highest BCUT2D eigenvalue weighted by Gasteiger charge is 2.42. The molecule has 0 aromatic heterocycles. The molecule has 4 heteroatoms. The van der Waals surface area contributed by atoms with Gasteiger partial charge in [0.25, 0.3) is 0 Å². The number of hydrogen-bond acceptors (Lipinski definition) is 3. The first kappa shape index (κ1) is 14.4. The predicted octanol–water partition coefficient (Wildman–Crippen LogP) is 3.03. The van der Waals surface area contributed by atoms with E-state index in [1.807, 2.05) is 6.92 Å². The Balaban J connectivity index is 1.85. The van der Waals surface area contributed by atoms with Crippen molar-refractivity contribution in [2.24, 2.45) is 0 Å². The van der Waals surface area contributed by atoms with Gasteiger partial charge in [-0.05, 0) is 45.4 Å². The van der Waals surface area contributed by atoms with Crippen LogP contribution in [0.2, 0.25) is 0 Å². The van der Waals surface area contributed by atoms with Gasteiger partial charge in [0.15, 0.2) is 0 Å². The van der Waals surface area contributed by atoms with E-state index < -0.39 is 11.5 Å². The number of aliphatic carboxylic acids is 1. The fraction of sp³-hybridized carbons (Fsp3) is 0.533. The fourth-order valence-electron chi connectivity index (χ4n) is 2.53. The summed E-state index contributed by atoms with van der Waals surface area (Å²) in [5.74, 6) is 0.247. The van der Waals surface area contributed by atoms with Crippen molar-refractivity contribution in [2.75, 3.05) is 18.8 Å². The molecule has 19 heavy (non-hydrogen) atoms. The summed E-state index contributed by atoms with van der Waals surface area (Å²) in [4.78, 5) is 14.7. The van der Waals surface area contributed by atoms with Gasteiger partial charge >= 0.3 is 5.97 Å². The van der Waals surface area contributed by atoms with E-state index >= 15 is 0 Å². The van der Waals surface area contributed by atoms with Crippen molar-refractivity contribution in [1.29, 1.82) is 0 Å². The minimum absolute atomic E-state index is 0.659. The number of aryl methyl sites for hydroxylation is 1. The molecule has 0 bridgehead atoms. The quantitative estimate of drug-likeness (QED) is 0.841. The van der Waals surface area contributed by atoms with Crippen molar-refractivity contribution in [3.05, 3.63) is 29.8 Å². The first-order valence-corrected chi connectivity index (χ1v) is 7.69. The van der Waals surface area contributed by atoms with Gasteiger partial charge in [0.05, 0.1) is 0 Å². The Bertz CT molecular complexity index is 446. The van der Waals surface area contributed by atoms with Gasteiger partial charge in [-0.2, -0.15) is 0 Å². The summed E-state index contributed by atoms with van der Waals surface area (Å²) < 4.78 is 0. The smallest absolute Gasteiger partial charge is 0.323 e. The van der Waals surface area contributed by atoms with E-state index in [1.54, 1.807) is 11.8 Å². The maximum absolute atomic E-state index is 11.4. The number of carbonyl (C=O) groups is 1. The van der Waals surface area contributed by atoms with Crippen LogP contribution in [0, 0.1) is 6.92 Å². The van der Waals surface area contributed by atoms with Crippen LogP contribution in [0.3, 0.4) is 0 Å². The number of thioether (sulfide) groups is 1. The van der Waals surface area contributed by atoms with Crippen molar-refractivity contribution in [3.63, 3.8) is 0 Å². The van der Waals surface area contributed by atoms with Crippen LogP contribution in [-0.4, -0.2) is 40.4 Å². The lowest BCUT2D eigenvalue weighted by atomic mass is 9.99. The standard InChI is InChI=1S/C15H21NO2S/c1-12-4-6-13(7-5-12)19-11-10-16-9-3-8-15(16,2)14(17)18/h4-7H,3,8-11H2,1-2H3,(H,17,18). The molecule has 0 spiro atoms. The summed E-state index contributed by atoms with van der Waals surface area (Å²) in [6.07, 6.45) is 1.75. The van der Waals surface area contributed by atoms with E-state index in [4.69, 9.17) is 0 Å². The summed E-state index contributed by atoms with van der Waals surface area (Å²) >= 11 is 1.79. The van der Waals surface area contributed by atoms with E-state index in [9.17, 15) is 9.90 Å². The molecule has 3 nitrogen and oxygen atoms in total. The lowest BCUT2D eigenvalue weighted by Gasteiger charge is -2.30. The molecule has 1 aromatic rings. The van der Waals surface area contributed by atoms with Gasteiger partial charge in [0.1, 0.15) is 5.54 Å². The van der Waals surface area contributed by atoms with Crippen LogP contribution in [0.4, 0.5) is 0 Å². The van der Waals surface area contributed by atoms with Crippen LogP contribution in [0.25, 0.3) is 0 Å². The second-order valence-corrected chi connectivity index (χ2v) is 6.50. The Morgan fingerprint density at radius 3 is 2.74 bits per heavy atom. The van der Waals surface area contributed by atoms with E-state index in [0.29, 0.717) is 0 Å². The zero-order valence-corrected chi connectivity index (χ0v) is 12.4. The number of hydrogen-bond donors (Lipinski definition) is 1. The molecule has 0 aliphatic carbocycles. The average molecular weight is 279 g/mol. The number of benzene rings is 1.